The number of hydrazone groups is 1. The highest BCUT2D eigenvalue weighted by Gasteiger charge is 2.08. The molecule has 0 aliphatic heterocycles. The first-order chi connectivity index (χ1) is 15.6. The van der Waals surface area contributed by atoms with Gasteiger partial charge in [0.25, 0.3) is 5.91 Å². The summed E-state index contributed by atoms with van der Waals surface area (Å²) in [5, 5.41) is 4.69. The van der Waals surface area contributed by atoms with Crippen molar-refractivity contribution in [1.82, 2.24) is 5.43 Å². The van der Waals surface area contributed by atoms with Crippen LogP contribution in [0.2, 0.25) is 5.02 Å². The van der Waals surface area contributed by atoms with E-state index in [0.29, 0.717) is 47.7 Å². The van der Waals surface area contributed by atoms with Crippen molar-refractivity contribution in [3.05, 3.63) is 88.4 Å². The summed E-state index contributed by atoms with van der Waals surface area (Å²) in [5.41, 5.74) is 4.65. The van der Waals surface area contributed by atoms with Crippen LogP contribution in [-0.2, 0) is 6.61 Å². The summed E-state index contributed by atoms with van der Waals surface area (Å²) in [5.74, 6) is 1.59. The average Bonchev–Trinajstić information content (AvgIpc) is 2.80. The smallest absolute Gasteiger partial charge is 0.271 e. The van der Waals surface area contributed by atoms with Gasteiger partial charge in [0, 0.05) is 16.1 Å². The number of rotatable bonds is 10. The Morgan fingerprint density at radius 2 is 1.69 bits per heavy atom. The zero-order chi connectivity index (χ0) is 22.8. The first-order valence-corrected chi connectivity index (χ1v) is 10.7. The van der Waals surface area contributed by atoms with Gasteiger partial charge in [-0.1, -0.05) is 29.8 Å². The molecule has 0 radical (unpaired) electrons. The molecule has 3 rings (SSSR count). The fourth-order valence-electron chi connectivity index (χ4n) is 2.86. The normalized spacial score (nSPS) is 10.7. The standard InChI is InChI=1S/C25H25ClN2O4/c1-3-30-21-12-10-19(11-13-21)25(29)28-27-16-18-9-14-23(24(15-18)31-4-2)32-17-20-7-5-6-8-22(20)26/h5-16H,3-4,17H2,1-2H3,(H,28,29)/b27-16+. The minimum Gasteiger partial charge on any atom is -0.494 e. The van der Waals surface area contributed by atoms with E-state index < -0.39 is 0 Å². The molecule has 0 bridgehead atoms. The van der Waals surface area contributed by atoms with Crippen LogP contribution in [-0.4, -0.2) is 25.3 Å². The number of carbonyl (C=O) groups is 1. The van der Waals surface area contributed by atoms with E-state index in [2.05, 4.69) is 10.5 Å². The topological polar surface area (TPSA) is 69.2 Å². The van der Waals surface area contributed by atoms with Crippen LogP contribution in [0.3, 0.4) is 0 Å². The van der Waals surface area contributed by atoms with Gasteiger partial charge in [0.15, 0.2) is 11.5 Å². The second-order valence-corrected chi connectivity index (χ2v) is 7.08. The molecule has 0 aliphatic carbocycles. The Morgan fingerprint density at radius 1 is 0.938 bits per heavy atom. The monoisotopic (exact) mass is 452 g/mol. The van der Waals surface area contributed by atoms with Crippen LogP contribution < -0.4 is 19.6 Å². The Bertz CT molecular complexity index is 1070. The van der Waals surface area contributed by atoms with E-state index in [0.717, 1.165) is 11.1 Å². The number of halogens is 1. The molecule has 3 aromatic carbocycles. The first kappa shape index (κ1) is 23.2. The van der Waals surface area contributed by atoms with E-state index in [1.54, 1.807) is 42.6 Å². The van der Waals surface area contributed by atoms with Gasteiger partial charge in [-0.05, 0) is 67.9 Å². The maximum atomic E-state index is 12.3. The number of hydrogen-bond acceptors (Lipinski definition) is 5. The number of ether oxygens (including phenoxy) is 3. The van der Waals surface area contributed by atoms with Crippen LogP contribution in [0.15, 0.2) is 71.8 Å². The molecule has 166 valence electrons. The molecule has 0 unspecified atom stereocenters. The number of hydrogen-bond donors (Lipinski definition) is 1. The second-order valence-electron chi connectivity index (χ2n) is 6.68. The highest BCUT2D eigenvalue weighted by atomic mass is 35.5. The third-order valence-corrected chi connectivity index (χ3v) is 4.78. The van der Waals surface area contributed by atoms with Gasteiger partial charge >= 0.3 is 0 Å². The third kappa shape index (κ3) is 6.49. The Balaban J connectivity index is 1.63. The van der Waals surface area contributed by atoms with Crippen molar-refractivity contribution in [3.63, 3.8) is 0 Å². The maximum absolute atomic E-state index is 12.3. The van der Waals surface area contributed by atoms with Gasteiger partial charge < -0.3 is 14.2 Å². The van der Waals surface area contributed by atoms with E-state index in [-0.39, 0.29) is 5.91 Å². The minimum atomic E-state index is -0.311. The first-order valence-electron chi connectivity index (χ1n) is 10.3. The molecule has 1 amide bonds. The van der Waals surface area contributed by atoms with Crippen molar-refractivity contribution >= 4 is 23.7 Å². The lowest BCUT2D eigenvalue weighted by molar-refractivity contribution is 0.0955. The number of nitrogens with one attached hydrogen (secondary N) is 1. The Kier molecular flexibility index (Phi) is 8.52. The number of nitrogens with zero attached hydrogens (tertiary/aromatic N) is 1. The molecule has 0 saturated heterocycles. The van der Waals surface area contributed by atoms with Crippen molar-refractivity contribution < 1.29 is 19.0 Å². The summed E-state index contributed by atoms with van der Waals surface area (Å²) in [6, 6.07) is 19.8. The molecular weight excluding hydrogens is 428 g/mol. The van der Waals surface area contributed by atoms with Gasteiger partial charge in [0.2, 0.25) is 0 Å². The molecule has 0 atom stereocenters. The fraction of sp³-hybridized carbons (Fsp3) is 0.200. The van der Waals surface area contributed by atoms with Gasteiger partial charge in [0.1, 0.15) is 12.4 Å². The second kappa shape index (κ2) is 11.8. The number of carbonyl (C=O) groups excluding carboxylic acids is 1. The van der Waals surface area contributed by atoms with Crippen LogP contribution in [0.25, 0.3) is 0 Å². The molecule has 1 N–H and O–H groups in total. The SMILES string of the molecule is CCOc1ccc(C(=O)N/N=C/c2ccc(OCc3ccccc3Cl)c(OCC)c2)cc1. The van der Waals surface area contributed by atoms with E-state index in [1.807, 2.05) is 44.2 Å². The lowest BCUT2D eigenvalue weighted by Gasteiger charge is -2.13. The Morgan fingerprint density at radius 3 is 2.41 bits per heavy atom. The summed E-state index contributed by atoms with van der Waals surface area (Å²) in [6.45, 7) is 5.19. The summed E-state index contributed by atoms with van der Waals surface area (Å²) >= 11 is 6.20. The van der Waals surface area contributed by atoms with Crippen LogP contribution >= 0.6 is 11.6 Å². The zero-order valence-corrected chi connectivity index (χ0v) is 18.8. The summed E-state index contributed by atoms with van der Waals surface area (Å²) in [4.78, 5) is 12.3. The third-order valence-electron chi connectivity index (χ3n) is 4.42. The van der Waals surface area contributed by atoms with Crippen LogP contribution in [0, 0.1) is 0 Å². The minimum absolute atomic E-state index is 0.311. The summed E-state index contributed by atoms with van der Waals surface area (Å²) in [6.07, 6.45) is 1.55. The highest BCUT2D eigenvalue weighted by Crippen LogP contribution is 2.29. The molecule has 32 heavy (non-hydrogen) atoms. The maximum Gasteiger partial charge on any atom is 0.271 e. The quantitative estimate of drug-likeness (QED) is 0.326. The van der Waals surface area contributed by atoms with Crippen molar-refractivity contribution in [1.29, 1.82) is 0 Å². The Hall–Kier alpha value is -3.51. The predicted molar refractivity (Wildman–Crippen MR) is 126 cm³/mol. The summed E-state index contributed by atoms with van der Waals surface area (Å²) < 4.78 is 17.0. The van der Waals surface area contributed by atoms with Crippen LogP contribution in [0.5, 0.6) is 17.2 Å². The van der Waals surface area contributed by atoms with E-state index in [4.69, 9.17) is 25.8 Å². The van der Waals surface area contributed by atoms with Gasteiger partial charge in [-0.15, -0.1) is 0 Å². The van der Waals surface area contributed by atoms with E-state index in [9.17, 15) is 4.79 Å². The van der Waals surface area contributed by atoms with Gasteiger partial charge in [-0.25, -0.2) is 5.43 Å². The lowest BCUT2D eigenvalue weighted by atomic mass is 10.2. The lowest BCUT2D eigenvalue weighted by Crippen LogP contribution is -2.17. The van der Waals surface area contributed by atoms with E-state index >= 15 is 0 Å². The molecule has 0 saturated carbocycles. The number of benzene rings is 3. The summed E-state index contributed by atoms with van der Waals surface area (Å²) in [7, 11) is 0. The Labute approximate surface area is 192 Å². The van der Waals surface area contributed by atoms with Gasteiger partial charge in [-0.2, -0.15) is 5.10 Å². The van der Waals surface area contributed by atoms with Crippen molar-refractivity contribution in [2.45, 2.75) is 20.5 Å². The molecule has 0 fully saturated rings. The van der Waals surface area contributed by atoms with Crippen molar-refractivity contribution in [2.75, 3.05) is 13.2 Å². The average molecular weight is 453 g/mol. The molecule has 0 aromatic heterocycles. The molecule has 3 aromatic rings. The van der Waals surface area contributed by atoms with Crippen molar-refractivity contribution in [3.8, 4) is 17.2 Å². The van der Waals surface area contributed by atoms with E-state index in [1.165, 1.54) is 0 Å². The molecule has 7 heteroatoms. The molecule has 0 spiro atoms. The number of amides is 1. The predicted octanol–water partition coefficient (Wildman–Crippen LogP) is 5.48. The van der Waals surface area contributed by atoms with Crippen LogP contribution in [0.1, 0.15) is 35.3 Å². The fourth-order valence-corrected chi connectivity index (χ4v) is 3.05. The van der Waals surface area contributed by atoms with Gasteiger partial charge in [0.05, 0.1) is 19.4 Å². The molecule has 0 aliphatic rings. The van der Waals surface area contributed by atoms with Gasteiger partial charge in [-0.3, -0.25) is 4.79 Å². The largest absolute Gasteiger partial charge is 0.494 e. The molecule has 6 nitrogen and oxygen atoms in total. The van der Waals surface area contributed by atoms with Crippen LogP contribution in [0.4, 0.5) is 0 Å². The highest BCUT2D eigenvalue weighted by molar-refractivity contribution is 6.31. The van der Waals surface area contributed by atoms with Crippen molar-refractivity contribution in [2.24, 2.45) is 5.10 Å². The zero-order valence-electron chi connectivity index (χ0n) is 18.0. The molecule has 0 heterocycles. The molecular formula is C25H25ClN2O4.